The number of unbranched alkanes of at least 4 members (excludes halogenated alkanes) is 2. The molecule has 42 heavy (non-hydrogen) atoms. The van der Waals surface area contributed by atoms with E-state index in [-0.39, 0.29) is 11.3 Å². The Morgan fingerprint density at radius 1 is 0.690 bits per heavy atom. The van der Waals surface area contributed by atoms with Gasteiger partial charge >= 0.3 is 6.18 Å². The van der Waals surface area contributed by atoms with Gasteiger partial charge in [-0.3, -0.25) is 0 Å². The van der Waals surface area contributed by atoms with Gasteiger partial charge in [-0.05, 0) is 123 Å². The minimum Gasteiger partial charge on any atom is -0.206 e. The monoisotopic (exact) mass is 590 g/mol. The normalized spacial score (nSPS) is 28.8. The summed E-state index contributed by atoms with van der Waals surface area (Å²) in [5.74, 6) is 3.23. The van der Waals surface area contributed by atoms with Gasteiger partial charge in [-0.2, -0.15) is 13.2 Å². The molecule has 3 saturated carbocycles. The summed E-state index contributed by atoms with van der Waals surface area (Å²) in [7, 11) is 0. The Bertz CT molecular complexity index is 1260. The van der Waals surface area contributed by atoms with E-state index in [1.807, 2.05) is 0 Å². The van der Waals surface area contributed by atoms with Crippen LogP contribution in [0.15, 0.2) is 18.2 Å². The Kier molecular flexibility index (Phi) is 10.2. The highest BCUT2D eigenvalue weighted by atomic mass is 19.4. The summed E-state index contributed by atoms with van der Waals surface area (Å²) in [6, 6.07) is 3.77. The third-order valence-electron chi connectivity index (χ3n) is 10.9. The summed E-state index contributed by atoms with van der Waals surface area (Å²) in [5, 5.41) is -0.491. The fourth-order valence-electron chi connectivity index (χ4n) is 8.56. The standard InChI is InChI=1S/C36H44F6/c1-2-3-4-5-23-6-8-24(9-7-23)25-10-12-26(13-11-25)27-14-16-28(17-15-27)29-20-30-22-32(37)31(18-19-36(40,41)42)35(39)34(30)33(38)21-29/h20-28H,2-17H2,1H3. The highest BCUT2D eigenvalue weighted by Crippen LogP contribution is 2.48. The lowest BCUT2D eigenvalue weighted by Gasteiger charge is -2.41. The molecule has 0 bridgehead atoms. The molecule has 3 aliphatic rings. The molecule has 0 heterocycles. The van der Waals surface area contributed by atoms with E-state index in [9.17, 15) is 22.0 Å². The first-order valence-electron chi connectivity index (χ1n) is 16.3. The Morgan fingerprint density at radius 2 is 1.24 bits per heavy atom. The van der Waals surface area contributed by atoms with Crippen molar-refractivity contribution in [3.05, 3.63) is 46.8 Å². The number of hydrogen-bond acceptors (Lipinski definition) is 0. The second-order valence-corrected chi connectivity index (χ2v) is 13.5. The minimum absolute atomic E-state index is 0.0213. The van der Waals surface area contributed by atoms with Crippen LogP contribution in [0.3, 0.4) is 0 Å². The molecule has 0 spiro atoms. The summed E-state index contributed by atoms with van der Waals surface area (Å²) >= 11 is 0. The van der Waals surface area contributed by atoms with Crippen LogP contribution in [0, 0.1) is 58.9 Å². The minimum atomic E-state index is -4.90. The van der Waals surface area contributed by atoms with Crippen LogP contribution in [0.4, 0.5) is 26.3 Å². The van der Waals surface area contributed by atoms with E-state index in [1.165, 1.54) is 89.0 Å². The van der Waals surface area contributed by atoms with Crippen LogP contribution in [-0.4, -0.2) is 6.18 Å². The number of benzene rings is 2. The molecule has 0 N–H and O–H groups in total. The highest BCUT2D eigenvalue weighted by molar-refractivity contribution is 5.86. The van der Waals surface area contributed by atoms with Crippen LogP contribution in [0.2, 0.25) is 0 Å². The highest BCUT2D eigenvalue weighted by Gasteiger charge is 2.35. The summed E-state index contributed by atoms with van der Waals surface area (Å²) in [6.07, 6.45) is 15.7. The van der Waals surface area contributed by atoms with Crippen molar-refractivity contribution in [2.75, 3.05) is 0 Å². The Morgan fingerprint density at radius 3 is 1.79 bits per heavy atom. The molecule has 0 aliphatic heterocycles. The average molecular weight is 591 g/mol. The fraction of sp³-hybridized carbons (Fsp3) is 0.667. The van der Waals surface area contributed by atoms with Crippen molar-refractivity contribution < 1.29 is 26.3 Å². The molecule has 2 aromatic carbocycles. The molecule has 2 aromatic rings. The topological polar surface area (TPSA) is 0 Å². The zero-order chi connectivity index (χ0) is 29.9. The van der Waals surface area contributed by atoms with Crippen LogP contribution < -0.4 is 0 Å². The molecule has 0 saturated heterocycles. The van der Waals surface area contributed by atoms with E-state index in [2.05, 4.69) is 6.92 Å². The van der Waals surface area contributed by atoms with E-state index in [4.69, 9.17) is 0 Å². The summed E-state index contributed by atoms with van der Waals surface area (Å²) in [4.78, 5) is 0. The second kappa shape index (κ2) is 13.6. The first kappa shape index (κ1) is 31.3. The van der Waals surface area contributed by atoms with E-state index in [0.717, 1.165) is 61.3 Å². The van der Waals surface area contributed by atoms with Crippen molar-refractivity contribution in [1.82, 2.24) is 0 Å². The number of hydrogen-bond donors (Lipinski definition) is 0. The Hall–Kier alpha value is -2.16. The van der Waals surface area contributed by atoms with Crippen molar-refractivity contribution in [2.45, 2.75) is 122 Å². The lowest BCUT2D eigenvalue weighted by Crippen LogP contribution is -2.29. The van der Waals surface area contributed by atoms with Gasteiger partial charge in [0, 0.05) is 5.92 Å². The lowest BCUT2D eigenvalue weighted by atomic mass is 9.64. The number of halogens is 6. The van der Waals surface area contributed by atoms with Gasteiger partial charge in [0.05, 0.1) is 10.9 Å². The number of rotatable bonds is 7. The Labute approximate surface area is 247 Å². The van der Waals surface area contributed by atoms with Gasteiger partial charge in [0.1, 0.15) is 11.6 Å². The number of fused-ring (bicyclic) bond motifs is 1. The fourth-order valence-corrected chi connectivity index (χ4v) is 8.56. The van der Waals surface area contributed by atoms with Gasteiger partial charge in [0.15, 0.2) is 5.82 Å². The molecule has 230 valence electrons. The molecule has 6 heteroatoms. The van der Waals surface area contributed by atoms with E-state index >= 15 is 4.39 Å². The maximum absolute atomic E-state index is 15.1. The third-order valence-corrected chi connectivity index (χ3v) is 10.9. The predicted octanol–water partition coefficient (Wildman–Crippen LogP) is 11.6. The summed E-state index contributed by atoms with van der Waals surface area (Å²) in [6.45, 7) is 2.28. The van der Waals surface area contributed by atoms with Gasteiger partial charge in [-0.25, -0.2) is 13.2 Å². The van der Waals surface area contributed by atoms with Gasteiger partial charge in [-0.1, -0.05) is 57.4 Å². The zero-order valence-corrected chi connectivity index (χ0v) is 24.8. The predicted molar refractivity (Wildman–Crippen MR) is 156 cm³/mol. The quantitative estimate of drug-likeness (QED) is 0.171. The smallest absolute Gasteiger partial charge is 0.206 e. The lowest BCUT2D eigenvalue weighted by molar-refractivity contribution is -0.0696. The van der Waals surface area contributed by atoms with E-state index < -0.39 is 34.6 Å². The molecule has 0 amide bonds. The van der Waals surface area contributed by atoms with Crippen molar-refractivity contribution in [3.8, 4) is 11.8 Å². The first-order valence-corrected chi connectivity index (χ1v) is 16.3. The SMILES string of the molecule is CCCCCC1CCC(C2CCC(C3CCC(c4cc(F)c5c(F)c(C#CC(F)(F)F)c(F)cc5c4)CC3)CC2)CC1. The van der Waals surface area contributed by atoms with Crippen LogP contribution in [0.1, 0.15) is 127 Å². The van der Waals surface area contributed by atoms with E-state index in [1.54, 1.807) is 6.07 Å². The van der Waals surface area contributed by atoms with Gasteiger partial charge in [0.2, 0.25) is 0 Å². The molecular weight excluding hydrogens is 546 g/mol. The average Bonchev–Trinajstić information content (AvgIpc) is 2.97. The summed E-state index contributed by atoms with van der Waals surface area (Å²) < 4.78 is 81.8. The van der Waals surface area contributed by atoms with Crippen molar-refractivity contribution in [2.24, 2.45) is 29.6 Å². The molecular formula is C36H44F6. The molecule has 0 unspecified atom stereocenters. The van der Waals surface area contributed by atoms with Crippen molar-refractivity contribution in [1.29, 1.82) is 0 Å². The molecule has 0 atom stereocenters. The molecule has 5 rings (SSSR count). The maximum atomic E-state index is 15.1. The van der Waals surface area contributed by atoms with Gasteiger partial charge in [-0.15, -0.1) is 0 Å². The van der Waals surface area contributed by atoms with Crippen LogP contribution in [0.25, 0.3) is 10.8 Å². The second-order valence-electron chi connectivity index (χ2n) is 13.5. The van der Waals surface area contributed by atoms with Crippen LogP contribution in [-0.2, 0) is 0 Å². The molecule has 0 aromatic heterocycles. The molecule has 0 nitrogen and oxygen atoms in total. The van der Waals surface area contributed by atoms with Gasteiger partial charge in [0.25, 0.3) is 0 Å². The molecule has 3 fully saturated rings. The largest absolute Gasteiger partial charge is 0.458 e. The van der Waals surface area contributed by atoms with Crippen LogP contribution in [0.5, 0.6) is 0 Å². The maximum Gasteiger partial charge on any atom is 0.458 e. The van der Waals surface area contributed by atoms with Crippen molar-refractivity contribution >= 4 is 10.8 Å². The zero-order valence-electron chi connectivity index (χ0n) is 24.8. The summed E-state index contributed by atoms with van der Waals surface area (Å²) in [5.41, 5.74) is -0.350. The van der Waals surface area contributed by atoms with Gasteiger partial charge < -0.3 is 0 Å². The first-order chi connectivity index (χ1) is 20.1. The third kappa shape index (κ3) is 7.48. The van der Waals surface area contributed by atoms with Crippen molar-refractivity contribution in [3.63, 3.8) is 0 Å². The van der Waals surface area contributed by atoms with E-state index in [0.29, 0.717) is 11.5 Å². The van der Waals surface area contributed by atoms with Crippen LogP contribution >= 0.6 is 0 Å². The Balaban J connectivity index is 1.14. The number of alkyl halides is 3. The molecule has 3 aliphatic carbocycles. The molecule has 0 radical (unpaired) electrons.